The van der Waals surface area contributed by atoms with E-state index in [9.17, 15) is 14.7 Å². The summed E-state index contributed by atoms with van der Waals surface area (Å²) in [5.41, 5.74) is 0.296. The molecule has 2 atom stereocenters. The molecule has 3 rings (SSSR count). The van der Waals surface area contributed by atoms with Gasteiger partial charge < -0.3 is 9.84 Å². The van der Waals surface area contributed by atoms with Gasteiger partial charge in [-0.3, -0.25) is 9.69 Å². The first kappa shape index (κ1) is 15.8. The molecule has 118 valence electrons. The van der Waals surface area contributed by atoms with Gasteiger partial charge in [0.25, 0.3) is 0 Å². The van der Waals surface area contributed by atoms with Gasteiger partial charge >= 0.3 is 5.97 Å². The third-order valence-electron chi connectivity index (χ3n) is 3.29. The highest BCUT2D eigenvalue weighted by Crippen LogP contribution is 2.45. The molecule has 2 aliphatic rings. The minimum absolute atomic E-state index is 0.0561. The number of hydrogen-bond donors (Lipinski definition) is 1. The van der Waals surface area contributed by atoms with Gasteiger partial charge in [-0.15, -0.1) is 22.0 Å². The van der Waals surface area contributed by atoms with E-state index in [2.05, 4.69) is 10.2 Å². The molecule has 0 spiro atoms. The maximum atomic E-state index is 11.7. The smallest absolute Gasteiger partial charge is 0.352 e. The fraction of sp³-hybridized carbons (Fsp3) is 0.500. The first-order valence-corrected chi connectivity index (χ1v) is 9.15. The average Bonchev–Trinajstić information content (AvgIpc) is 2.88. The zero-order valence-corrected chi connectivity index (χ0v) is 14.3. The molecule has 1 aromatic heterocycles. The molecule has 2 aliphatic heterocycles. The summed E-state index contributed by atoms with van der Waals surface area (Å²) < 4.78 is 6.19. The molecule has 1 saturated heterocycles. The number of nitrogens with zero attached hydrogens (tertiary/aromatic N) is 3. The van der Waals surface area contributed by atoms with Gasteiger partial charge in [-0.2, -0.15) is 0 Å². The number of β-lactam (4-membered cyclic amide) rings is 1. The fourth-order valence-electron chi connectivity index (χ4n) is 2.31. The molecule has 1 amide bonds. The first-order valence-electron chi connectivity index (χ1n) is 6.40. The summed E-state index contributed by atoms with van der Waals surface area (Å²) in [7, 11) is 1.55. The van der Waals surface area contributed by atoms with Crippen LogP contribution in [0.15, 0.2) is 15.6 Å². The van der Waals surface area contributed by atoms with E-state index in [1.807, 2.05) is 6.92 Å². The van der Waals surface area contributed by atoms with Crippen molar-refractivity contribution < 1.29 is 19.4 Å². The van der Waals surface area contributed by atoms with Crippen molar-refractivity contribution in [1.29, 1.82) is 0 Å². The molecule has 1 N–H and O–H groups in total. The van der Waals surface area contributed by atoms with Crippen LogP contribution in [0.1, 0.15) is 11.4 Å². The molecule has 0 aromatic carbocycles. The third-order valence-corrected chi connectivity index (χ3v) is 6.73. The van der Waals surface area contributed by atoms with Gasteiger partial charge in [0.05, 0.1) is 11.8 Å². The Morgan fingerprint density at radius 2 is 2.32 bits per heavy atom. The van der Waals surface area contributed by atoms with Crippen LogP contribution in [-0.4, -0.2) is 55.8 Å². The minimum atomic E-state index is -1.09. The van der Waals surface area contributed by atoms with Gasteiger partial charge in [-0.1, -0.05) is 23.1 Å². The number of fused-ring (bicyclic) bond motifs is 1. The topological polar surface area (TPSA) is 92.6 Å². The number of aliphatic carboxylic acids is 1. The summed E-state index contributed by atoms with van der Waals surface area (Å²) in [5.74, 6) is -0.846. The maximum Gasteiger partial charge on any atom is 0.352 e. The highest BCUT2D eigenvalue weighted by atomic mass is 32.2. The summed E-state index contributed by atoms with van der Waals surface area (Å²) in [6.45, 7) is 1.86. The second-order valence-corrected chi connectivity index (χ2v) is 8.33. The van der Waals surface area contributed by atoms with Crippen LogP contribution in [0.2, 0.25) is 0 Å². The Kier molecular flexibility index (Phi) is 4.44. The predicted molar refractivity (Wildman–Crippen MR) is 83.7 cm³/mol. The molecule has 0 saturated carbocycles. The largest absolute Gasteiger partial charge is 0.477 e. The van der Waals surface area contributed by atoms with Crippen molar-refractivity contribution in [2.45, 2.75) is 28.5 Å². The molecule has 10 heteroatoms. The van der Waals surface area contributed by atoms with Crippen LogP contribution in [0.25, 0.3) is 0 Å². The molecule has 22 heavy (non-hydrogen) atoms. The zero-order chi connectivity index (χ0) is 15.9. The average molecular weight is 359 g/mol. The van der Waals surface area contributed by atoms with Gasteiger partial charge in [0, 0.05) is 18.4 Å². The number of rotatable bonds is 5. The number of aryl methyl sites for hydroxylation is 1. The van der Waals surface area contributed by atoms with Crippen molar-refractivity contribution in [3.8, 4) is 0 Å². The lowest BCUT2D eigenvalue weighted by atomic mass is 10.1. The van der Waals surface area contributed by atoms with E-state index in [0.29, 0.717) is 17.7 Å². The molecular formula is C12H13N3O4S3. The van der Waals surface area contributed by atoms with Crippen molar-refractivity contribution in [2.75, 3.05) is 12.9 Å². The Balaban J connectivity index is 1.89. The summed E-state index contributed by atoms with van der Waals surface area (Å²) in [5, 5.41) is 18.2. The second kappa shape index (κ2) is 6.19. The number of ether oxygens (including phenoxy) is 1. The number of methoxy groups -OCH3 is 1. The van der Waals surface area contributed by atoms with E-state index < -0.39 is 5.97 Å². The van der Waals surface area contributed by atoms with Gasteiger partial charge in [0.15, 0.2) is 4.34 Å². The van der Waals surface area contributed by atoms with E-state index in [4.69, 9.17) is 4.74 Å². The van der Waals surface area contributed by atoms with Crippen molar-refractivity contribution >= 4 is 46.7 Å². The number of carboxylic acids is 1. The highest BCUT2D eigenvalue weighted by Gasteiger charge is 2.48. The molecule has 1 fully saturated rings. The lowest BCUT2D eigenvalue weighted by molar-refractivity contribution is -0.146. The zero-order valence-electron chi connectivity index (χ0n) is 11.8. The summed E-state index contributed by atoms with van der Waals surface area (Å²) in [4.78, 5) is 24.7. The first-order chi connectivity index (χ1) is 10.5. The van der Waals surface area contributed by atoms with Gasteiger partial charge in [0.1, 0.15) is 16.1 Å². The minimum Gasteiger partial charge on any atom is -0.477 e. The fourth-order valence-corrected chi connectivity index (χ4v) is 5.61. The van der Waals surface area contributed by atoms with Gasteiger partial charge in [-0.25, -0.2) is 4.79 Å². The van der Waals surface area contributed by atoms with Crippen LogP contribution in [0.4, 0.5) is 0 Å². The van der Waals surface area contributed by atoms with E-state index in [1.165, 1.54) is 39.8 Å². The quantitative estimate of drug-likeness (QED) is 0.625. The maximum absolute atomic E-state index is 11.7. The van der Waals surface area contributed by atoms with Crippen LogP contribution < -0.4 is 0 Å². The van der Waals surface area contributed by atoms with E-state index in [-0.39, 0.29) is 22.4 Å². The Morgan fingerprint density at radius 1 is 1.55 bits per heavy atom. The monoisotopic (exact) mass is 359 g/mol. The molecule has 0 radical (unpaired) electrons. The number of hydrogen-bond acceptors (Lipinski definition) is 8. The molecule has 7 nitrogen and oxygen atoms in total. The van der Waals surface area contributed by atoms with Gasteiger partial charge in [-0.05, 0) is 6.92 Å². The molecule has 0 bridgehead atoms. The summed E-state index contributed by atoms with van der Waals surface area (Å²) >= 11 is 4.33. The number of aromatic nitrogens is 2. The number of thioether (sulfide) groups is 2. The number of carboxylic acid groups (broad SMARTS) is 1. The number of amides is 1. The lowest BCUT2D eigenvalue weighted by Crippen LogP contribution is -2.55. The molecular weight excluding hydrogens is 346 g/mol. The molecule has 1 unspecified atom stereocenters. The molecule has 0 aliphatic carbocycles. The van der Waals surface area contributed by atoms with Crippen molar-refractivity contribution in [3.63, 3.8) is 0 Å². The Morgan fingerprint density at radius 3 is 2.86 bits per heavy atom. The SMILES string of the molecule is COC1S[C@@H]2CC(=O)N2C(C(=O)O)=C1CSc1nnc(C)s1. The Labute approximate surface area is 139 Å². The van der Waals surface area contributed by atoms with Crippen molar-refractivity contribution in [3.05, 3.63) is 16.3 Å². The Bertz CT molecular complexity index is 660. The van der Waals surface area contributed by atoms with Gasteiger partial charge in [0.2, 0.25) is 5.91 Å². The predicted octanol–water partition coefficient (Wildman–Crippen LogP) is 1.56. The second-order valence-electron chi connectivity index (χ2n) is 4.68. The highest BCUT2D eigenvalue weighted by molar-refractivity contribution is 8.02. The summed E-state index contributed by atoms with van der Waals surface area (Å²) in [6.07, 6.45) is 0.358. The van der Waals surface area contributed by atoms with Crippen molar-refractivity contribution in [2.24, 2.45) is 0 Å². The molecule has 3 heterocycles. The van der Waals surface area contributed by atoms with Crippen LogP contribution in [0.3, 0.4) is 0 Å². The van der Waals surface area contributed by atoms with E-state index >= 15 is 0 Å². The van der Waals surface area contributed by atoms with Crippen LogP contribution >= 0.6 is 34.9 Å². The van der Waals surface area contributed by atoms with Crippen LogP contribution in [-0.2, 0) is 14.3 Å². The third kappa shape index (κ3) is 2.75. The summed E-state index contributed by atoms with van der Waals surface area (Å²) in [6, 6.07) is 0. The molecule has 1 aromatic rings. The standard InChI is InChI=1S/C12H13N3O4S3/c1-5-13-14-12(21-5)20-4-6-9(10(17)18)15-7(16)3-8(15)22-11(6)19-2/h8,11H,3-4H2,1-2H3,(H,17,18)/t8-,11?/m1/s1. The van der Waals surface area contributed by atoms with E-state index in [0.717, 1.165) is 9.35 Å². The van der Waals surface area contributed by atoms with E-state index in [1.54, 1.807) is 7.11 Å². The number of carbonyl (C=O) groups excluding carboxylic acids is 1. The van der Waals surface area contributed by atoms with Crippen molar-refractivity contribution in [1.82, 2.24) is 15.1 Å². The number of carbonyl (C=O) groups is 2. The van der Waals surface area contributed by atoms with Crippen LogP contribution in [0, 0.1) is 6.92 Å². The normalized spacial score (nSPS) is 24.3. The Hall–Kier alpha value is -1.10. The lowest BCUT2D eigenvalue weighted by Gasteiger charge is -2.46. The van der Waals surface area contributed by atoms with Crippen LogP contribution in [0.5, 0.6) is 0 Å².